The summed E-state index contributed by atoms with van der Waals surface area (Å²) < 4.78 is 42.5. The van der Waals surface area contributed by atoms with Gasteiger partial charge in [-0.3, -0.25) is 4.79 Å². The van der Waals surface area contributed by atoms with Crippen LogP contribution in [0.4, 0.5) is 18.9 Å². The molecule has 2 aromatic carbocycles. The topological polar surface area (TPSA) is 77.6 Å². The molecule has 2 heterocycles. The van der Waals surface area contributed by atoms with E-state index in [4.69, 9.17) is 0 Å². The third-order valence-electron chi connectivity index (χ3n) is 4.40. The molecule has 4 rings (SSSR count). The molecule has 0 atom stereocenters. The molecule has 1 N–H and O–H groups in total. The van der Waals surface area contributed by atoms with Gasteiger partial charge in [0.05, 0.1) is 22.5 Å². The van der Waals surface area contributed by atoms with E-state index in [1.165, 1.54) is 16.9 Å². The lowest BCUT2D eigenvalue weighted by Gasteiger charge is -2.14. The summed E-state index contributed by atoms with van der Waals surface area (Å²) in [5, 5.41) is 14.6. The van der Waals surface area contributed by atoms with Gasteiger partial charge in [0.25, 0.3) is 5.91 Å². The molecule has 0 spiro atoms. The maximum atomic E-state index is 13.2. The van der Waals surface area contributed by atoms with E-state index in [1.54, 1.807) is 35.1 Å². The Hall–Kier alpha value is -3.69. The standard InChI is InChI=1S/C19H15F3N6O/c1-2-27-17-6-4-12(10-15(17)25-26-27)18(29)24-14-11-13(19(20,21)22)5-7-16(14)28-9-3-8-23-28/h3-11H,2H2,1H3,(H,24,29). The summed E-state index contributed by atoms with van der Waals surface area (Å²) >= 11 is 0. The van der Waals surface area contributed by atoms with Crippen molar-refractivity contribution in [3.05, 3.63) is 66.0 Å². The van der Waals surface area contributed by atoms with Crippen LogP contribution in [-0.2, 0) is 12.7 Å². The van der Waals surface area contributed by atoms with Crippen LogP contribution in [0.2, 0.25) is 0 Å². The number of nitrogens with one attached hydrogen (secondary N) is 1. The number of hydrogen-bond donors (Lipinski definition) is 1. The molecule has 0 aliphatic carbocycles. The van der Waals surface area contributed by atoms with Gasteiger partial charge in [0, 0.05) is 24.5 Å². The van der Waals surface area contributed by atoms with E-state index in [0.717, 1.165) is 17.6 Å². The van der Waals surface area contributed by atoms with Gasteiger partial charge >= 0.3 is 6.18 Å². The average Bonchev–Trinajstić information content (AvgIpc) is 3.36. The van der Waals surface area contributed by atoms with Crippen LogP contribution >= 0.6 is 0 Å². The Morgan fingerprint density at radius 1 is 1.17 bits per heavy atom. The van der Waals surface area contributed by atoms with E-state index < -0.39 is 17.6 Å². The van der Waals surface area contributed by atoms with Crippen molar-refractivity contribution in [1.29, 1.82) is 0 Å². The highest BCUT2D eigenvalue weighted by atomic mass is 19.4. The van der Waals surface area contributed by atoms with Crippen molar-refractivity contribution in [2.24, 2.45) is 0 Å². The molecule has 0 bridgehead atoms. The number of halogens is 3. The number of alkyl halides is 3. The first-order valence-corrected chi connectivity index (χ1v) is 8.72. The number of benzene rings is 2. The van der Waals surface area contributed by atoms with Gasteiger partial charge in [0.1, 0.15) is 5.52 Å². The molecular formula is C19H15F3N6O. The number of hydrogen-bond acceptors (Lipinski definition) is 4. The fraction of sp³-hybridized carbons (Fsp3) is 0.158. The quantitative estimate of drug-likeness (QED) is 0.564. The second-order valence-electron chi connectivity index (χ2n) is 6.24. The zero-order valence-corrected chi connectivity index (χ0v) is 15.2. The molecule has 0 aliphatic rings. The van der Waals surface area contributed by atoms with Crippen molar-refractivity contribution in [3.63, 3.8) is 0 Å². The monoisotopic (exact) mass is 400 g/mol. The number of amides is 1. The van der Waals surface area contributed by atoms with Gasteiger partial charge in [-0.05, 0) is 49.4 Å². The SMILES string of the molecule is CCn1nnc2cc(C(=O)Nc3cc(C(F)(F)F)ccc3-n3cccn3)ccc21. The Bertz CT molecular complexity index is 1180. The van der Waals surface area contributed by atoms with Crippen LogP contribution in [0.3, 0.4) is 0 Å². The number of carbonyl (C=O) groups is 1. The predicted molar refractivity (Wildman–Crippen MR) is 99.7 cm³/mol. The fourth-order valence-electron chi connectivity index (χ4n) is 2.97. The summed E-state index contributed by atoms with van der Waals surface area (Å²) in [6.07, 6.45) is -1.47. The molecule has 0 unspecified atom stereocenters. The normalized spacial score (nSPS) is 11.7. The second kappa shape index (κ2) is 7.04. The Balaban J connectivity index is 1.71. The first-order valence-electron chi connectivity index (χ1n) is 8.72. The van der Waals surface area contributed by atoms with Gasteiger partial charge in [0.15, 0.2) is 0 Å². The maximum Gasteiger partial charge on any atom is 0.416 e. The molecule has 7 nitrogen and oxygen atoms in total. The molecular weight excluding hydrogens is 385 g/mol. The van der Waals surface area contributed by atoms with Crippen molar-refractivity contribution in [3.8, 4) is 5.69 Å². The van der Waals surface area contributed by atoms with E-state index in [1.807, 2.05) is 6.92 Å². The van der Waals surface area contributed by atoms with Gasteiger partial charge in [0.2, 0.25) is 0 Å². The van der Waals surface area contributed by atoms with E-state index in [-0.39, 0.29) is 11.3 Å². The Labute approximate surface area is 162 Å². The first kappa shape index (κ1) is 18.7. The number of carbonyl (C=O) groups excluding carboxylic acids is 1. The lowest BCUT2D eigenvalue weighted by atomic mass is 10.1. The molecule has 4 aromatic rings. The molecule has 0 radical (unpaired) electrons. The van der Waals surface area contributed by atoms with Crippen molar-refractivity contribution in [1.82, 2.24) is 24.8 Å². The van der Waals surface area contributed by atoms with Gasteiger partial charge in [-0.25, -0.2) is 9.36 Å². The van der Waals surface area contributed by atoms with E-state index in [0.29, 0.717) is 17.7 Å². The molecule has 10 heteroatoms. The summed E-state index contributed by atoms with van der Waals surface area (Å²) in [6.45, 7) is 2.54. The number of aromatic nitrogens is 5. The largest absolute Gasteiger partial charge is 0.416 e. The molecule has 29 heavy (non-hydrogen) atoms. The van der Waals surface area contributed by atoms with E-state index in [2.05, 4.69) is 20.7 Å². The minimum absolute atomic E-state index is 0.00849. The zero-order valence-electron chi connectivity index (χ0n) is 15.2. The fourth-order valence-corrected chi connectivity index (χ4v) is 2.97. The van der Waals surface area contributed by atoms with Crippen LogP contribution < -0.4 is 5.32 Å². The van der Waals surface area contributed by atoms with Crippen molar-refractivity contribution >= 4 is 22.6 Å². The van der Waals surface area contributed by atoms with Crippen LogP contribution in [0, 0.1) is 0 Å². The second-order valence-corrected chi connectivity index (χ2v) is 6.24. The van der Waals surface area contributed by atoms with Crippen molar-refractivity contribution in [2.45, 2.75) is 19.6 Å². The summed E-state index contributed by atoms with van der Waals surface area (Å²) in [5.41, 5.74) is 0.978. The highest BCUT2D eigenvalue weighted by Crippen LogP contribution is 2.33. The van der Waals surface area contributed by atoms with Crippen LogP contribution in [0.25, 0.3) is 16.7 Å². The van der Waals surface area contributed by atoms with Crippen LogP contribution in [-0.4, -0.2) is 30.7 Å². The summed E-state index contributed by atoms with van der Waals surface area (Å²) in [7, 11) is 0. The molecule has 0 fully saturated rings. The first-order chi connectivity index (χ1) is 13.9. The third kappa shape index (κ3) is 3.56. The Morgan fingerprint density at radius 2 is 2.00 bits per heavy atom. The highest BCUT2D eigenvalue weighted by Gasteiger charge is 2.31. The van der Waals surface area contributed by atoms with Gasteiger partial charge in [-0.2, -0.15) is 18.3 Å². The predicted octanol–water partition coefficient (Wildman–Crippen LogP) is 3.91. The number of rotatable bonds is 4. The van der Waals surface area contributed by atoms with Gasteiger partial charge in [-0.1, -0.05) is 5.21 Å². The molecule has 148 valence electrons. The minimum atomic E-state index is -4.54. The van der Waals surface area contributed by atoms with Crippen LogP contribution in [0.1, 0.15) is 22.8 Å². The Kier molecular flexibility index (Phi) is 4.53. The van der Waals surface area contributed by atoms with Gasteiger partial charge < -0.3 is 5.32 Å². The van der Waals surface area contributed by atoms with E-state index >= 15 is 0 Å². The lowest BCUT2D eigenvalue weighted by Crippen LogP contribution is -2.15. The maximum absolute atomic E-state index is 13.2. The van der Waals surface area contributed by atoms with Crippen LogP contribution in [0.15, 0.2) is 54.9 Å². The Morgan fingerprint density at radius 3 is 2.69 bits per heavy atom. The summed E-state index contributed by atoms with van der Waals surface area (Å²) in [5.74, 6) is -0.564. The number of aryl methyl sites for hydroxylation is 1. The number of fused-ring (bicyclic) bond motifs is 1. The minimum Gasteiger partial charge on any atom is -0.320 e. The molecule has 2 aromatic heterocycles. The zero-order chi connectivity index (χ0) is 20.6. The average molecular weight is 400 g/mol. The summed E-state index contributed by atoms with van der Waals surface area (Å²) in [6, 6.07) is 9.56. The van der Waals surface area contributed by atoms with Crippen molar-refractivity contribution in [2.75, 3.05) is 5.32 Å². The third-order valence-corrected chi connectivity index (χ3v) is 4.40. The highest BCUT2D eigenvalue weighted by molar-refractivity contribution is 6.06. The molecule has 0 saturated carbocycles. The van der Waals surface area contributed by atoms with E-state index in [9.17, 15) is 18.0 Å². The van der Waals surface area contributed by atoms with Gasteiger partial charge in [-0.15, -0.1) is 5.10 Å². The lowest BCUT2D eigenvalue weighted by molar-refractivity contribution is -0.137. The summed E-state index contributed by atoms with van der Waals surface area (Å²) in [4.78, 5) is 12.7. The smallest absolute Gasteiger partial charge is 0.320 e. The molecule has 1 amide bonds. The molecule has 0 aliphatic heterocycles. The molecule has 0 saturated heterocycles. The van der Waals surface area contributed by atoms with Crippen LogP contribution in [0.5, 0.6) is 0 Å². The number of anilines is 1. The van der Waals surface area contributed by atoms with Crippen molar-refractivity contribution < 1.29 is 18.0 Å². The number of nitrogens with zero attached hydrogens (tertiary/aromatic N) is 5.